The van der Waals surface area contributed by atoms with E-state index < -0.39 is 39.8 Å². The number of hydrogen-bond acceptors (Lipinski definition) is 6. The number of hydrogen-bond donors (Lipinski definition) is 0. The molecule has 1 aromatic carbocycles. The first-order valence-corrected chi connectivity index (χ1v) is 6.94. The van der Waals surface area contributed by atoms with E-state index >= 15 is 0 Å². The van der Waals surface area contributed by atoms with E-state index in [0.29, 0.717) is 10.4 Å². The summed E-state index contributed by atoms with van der Waals surface area (Å²) in [5.41, 5.74) is -0.375. The molecule has 0 atom stereocenters. The van der Waals surface area contributed by atoms with Gasteiger partial charge in [-0.2, -0.15) is 14.8 Å². The van der Waals surface area contributed by atoms with E-state index in [1.165, 1.54) is 0 Å². The van der Waals surface area contributed by atoms with Crippen molar-refractivity contribution >= 4 is 16.0 Å². The maximum Gasteiger partial charge on any atom is 0.339 e. The van der Waals surface area contributed by atoms with Crippen molar-refractivity contribution in [1.29, 1.82) is 10.5 Å². The molecule has 0 aliphatic carbocycles. The first-order valence-electron chi connectivity index (χ1n) is 5.50. The van der Waals surface area contributed by atoms with Crippen LogP contribution in [0, 0.1) is 28.5 Å². The maximum atomic E-state index is 13.3. The van der Waals surface area contributed by atoms with E-state index in [1.807, 2.05) is 0 Å². The number of methoxy groups -OCH3 is 1. The fourth-order valence-electron chi connectivity index (χ4n) is 1.51. The predicted molar refractivity (Wildman–Crippen MR) is 67.7 cm³/mol. The van der Waals surface area contributed by atoms with Gasteiger partial charge in [0.2, 0.25) is 10.0 Å². The minimum atomic E-state index is -4.39. The Hall–Kier alpha value is -2.49. The fraction of sp³-hybridized carbons (Fsp3) is 0.250. The third-order valence-corrected chi connectivity index (χ3v) is 4.29. The van der Waals surface area contributed by atoms with Crippen LogP contribution in [0.25, 0.3) is 0 Å². The van der Waals surface area contributed by atoms with Gasteiger partial charge in [0.1, 0.15) is 18.9 Å². The van der Waals surface area contributed by atoms with Gasteiger partial charge in [-0.3, -0.25) is 0 Å². The van der Waals surface area contributed by atoms with Crippen LogP contribution in [0.5, 0.6) is 0 Å². The average molecular weight is 311 g/mol. The summed E-state index contributed by atoms with van der Waals surface area (Å²) < 4.78 is 43.0. The Kier molecular flexibility index (Phi) is 5.36. The highest BCUT2D eigenvalue weighted by atomic mass is 32.2. The number of nitrogens with zero attached hydrogens (tertiary/aromatic N) is 3. The number of ether oxygens (including phenoxy) is 1. The number of carbonyl (C=O) groups excluding carboxylic acids is 1. The molecule has 0 radical (unpaired) electrons. The molecule has 0 fully saturated rings. The maximum absolute atomic E-state index is 13.3. The van der Waals surface area contributed by atoms with Crippen LogP contribution in [-0.4, -0.2) is 38.9 Å². The van der Waals surface area contributed by atoms with Gasteiger partial charge in [-0.25, -0.2) is 17.6 Å². The van der Waals surface area contributed by atoms with E-state index in [1.54, 1.807) is 12.1 Å². The van der Waals surface area contributed by atoms with Crippen LogP contribution in [0.2, 0.25) is 0 Å². The highest BCUT2D eigenvalue weighted by Gasteiger charge is 2.29. The average Bonchev–Trinajstić information content (AvgIpc) is 2.46. The summed E-state index contributed by atoms with van der Waals surface area (Å²) in [4.78, 5) is 10.9. The van der Waals surface area contributed by atoms with Crippen LogP contribution >= 0.6 is 0 Å². The van der Waals surface area contributed by atoms with Gasteiger partial charge in [-0.05, 0) is 18.2 Å². The molecule has 0 amide bonds. The van der Waals surface area contributed by atoms with Crippen molar-refractivity contribution in [1.82, 2.24) is 4.31 Å². The minimum Gasteiger partial charge on any atom is -0.465 e. The molecule has 7 nitrogen and oxygen atoms in total. The molecule has 9 heteroatoms. The summed E-state index contributed by atoms with van der Waals surface area (Å²) >= 11 is 0. The second-order valence-corrected chi connectivity index (χ2v) is 5.63. The van der Waals surface area contributed by atoms with Crippen LogP contribution in [0.1, 0.15) is 10.4 Å². The van der Waals surface area contributed by atoms with E-state index in [-0.39, 0.29) is 5.56 Å². The molecule has 0 bridgehead atoms. The highest BCUT2D eigenvalue weighted by molar-refractivity contribution is 7.89. The molecule has 0 aliphatic rings. The zero-order chi connectivity index (χ0) is 16.0. The van der Waals surface area contributed by atoms with Crippen LogP contribution in [0.3, 0.4) is 0 Å². The first-order chi connectivity index (χ1) is 9.88. The lowest BCUT2D eigenvalue weighted by Crippen LogP contribution is -2.33. The molecule has 0 aliphatic heterocycles. The van der Waals surface area contributed by atoms with E-state index in [4.69, 9.17) is 10.5 Å². The Labute approximate surface area is 120 Å². The van der Waals surface area contributed by atoms with Crippen LogP contribution in [0.15, 0.2) is 23.1 Å². The predicted octanol–water partition coefficient (Wildman–Crippen LogP) is 0.650. The number of sulfonamides is 1. The number of carbonyl (C=O) groups is 1. The Morgan fingerprint density at radius 1 is 1.33 bits per heavy atom. The lowest BCUT2D eigenvalue weighted by atomic mass is 10.2. The minimum absolute atomic E-state index is 0.375. The van der Waals surface area contributed by atoms with Crippen molar-refractivity contribution in [3.63, 3.8) is 0 Å². The summed E-state index contributed by atoms with van der Waals surface area (Å²) in [6.07, 6.45) is 0. The van der Waals surface area contributed by atoms with Gasteiger partial charge in [0.05, 0.1) is 29.7 Å². The molecule has 0 unspecified atom stereocenters. The molecule has 0 aromatic heterocycles. The quantitative estimate of drug-likeness (QED) is 0.583. The zero-order valence-corrected chi connectivity index (χ0v) is 11.7. The smallest absolute Gasteiger partial charge is 0.339 e. The van der Waals surface area contributed by atoms with Crippen molar-refractivity contribution in [2.45, 2.75) is 4.90 Å². The summed E-state index contributed by atoms with van der Waals surface area (Å²) in [7, 11) is -3.34. The van der Waals surface area contributed by atoms with E-state index in [9.17, 15) is 17.6 Å². The summed E-state index contributed by atoms with van der Waals surface area (Å²) in [6, 6.07) is 5.70. The molecule has 21 heavy (non-hydrogen) atoms. The number of esters is 1. The van der Waals surface area contributed by atoms with Crippen molar-refractivity contribution < 1.29 is 22.3 Å². The van der Waals surface area contributed by atoms with Crippen molar-refractivity contribution in [2.75, 3.05) is 20.2 Å². The van der Waals surface area contributed by atoms with Crippen LogP contribution < -0.4 is 0 Å². The molecular weight excluding hydrogens is 301 g/mol. The molecular formula is C12H10FN3O4S. The lowest BCUT2D eigenvalue weighted by molar-refractivity contribution is 0.0596. The van der Waals surface area contributed by atoms with Gasteiger partial charge < -0.3 is 4.74 Å². The van der Waals surface area contributed by atoms with E-state index in [2.05, 4.69) is 4.74 Å². The molecule has 110 valence electrons. The van der Waals surface area contributed by atoms with Gasteiger partial charge in [0, 0.05) is 0 Å². The molecule has 1 rings (SSSR count). The van der Waals surface area contributed by atoms with Gasteiger partial charge in [-0.15, -0.1) is 0 Å². The van der Waals surface area contributed by atoms with Crippen molar-refractivity contribution in [3.05, 3.63) is 29.6 Å². The van der Waals surface area contributed by atoms with Crippen LogP contribution in [-0.2, 0) is 14.8 Å². The standard InChI is InChI=1S/C12H10FN3O4S/c1-20-12(17)10-3-2-9(13)8-11(10)21(18,19)16(6-4-14)7-5-15/h2-3,8H,6-7H2,1H3. The van der Waals surface area contributed by atoms with Gasteiger partial charge in [0.25, 0.3) is 0 Å². The number of nitriles is 2. The summed E-state index contributed by atoms with van der Waals surface area (Å²) in [6.45, 7) is -1.21. The number of rotatable bonds is 5. The van der Waals surface area contributed by atoms with Crippen LogP contribution in [0.4, 0.5) is 4.39 Å². The molecule has 0 saturated carbocycles. The molecule has 0 spiro atoms. The third kappa shape index (κ3) is 3.54. The van der Waals surface area contributed by atoms with Gasteiger partial charge in [-0.1, -0.05) is 0 Å². The summed E-state index contributed by atoms with van der Waals surface area (Å²) in [5, 5.41) is 17.2. The second kappa shape index (κ2) is 6.79. The monoisotopic (exact) mass is 311 g/mol. The number of benzene rings is 1. The molecule has 0 heterocycles. The zero-order valence-electron chi connectivity index (χ0n) is 10.9. The van der Waals surface area contributed by atoms with Gasteiger partial charge in [0.15, 0.2) is 0 Å². The van der Waals surface area contributed by atoms with Crippen molar-refractivity contribution in [2.24, 2.45) is 0 Å². The highest BCUT2D eigenvalue weighted by Crippen LogP contribution is 2.22. The Morgan fingerprint density at radius 2 is 1.90 bits per heavy atom. The van der Waals surface area contributed by atoms with E-state index in [0.717, 1.165) is 19.2 Å². The largest absolute Gasteiger partial charge is 0.465 e. The SMILES string of the molecule is COC(=O)c1ccc(F)cc1S(=O)(=O)N(CC#N)CC#N. The Morgan fingerprint density at radius 3 is 2.38 bits per heavy atom. The Balaban J connectivity index is 3.50. The first kappa shape index (κ1) is 16.6. The fourth-order valence-corrected chi connectivity index (χ4v) is 2.94. The van der Waals surface area contributed by atoms with Crippen molar-refractivity contribution in [3.8, 4) is 12.1 Å². The Bertz CT molecular complexity index is 718. The molecule has 0 N–H and O–H groups in total. The molecule has 1 aromatic rings. The summed E-state index contributed by atoms with van der Waals surface area (Å²) in [5.74, 6) is -1.85. The lowest BCUT2D eigenvalue weighted by Gasteiger charge is -2.17. The van der Waals surface area contributed by atoms with Gasteiger partial charge >= 0.3 is 5.97 Å². The second-order valence-electron chi connectivity index (χ2n) is 3.72. The topological polar surface area (TPSA) is 111 Å². The normalized spacial score (nSPS) is 10.7. The molecule has 0 saturated heterocycles. The third-order valence-electron chi connectivity index (χ3n) is 2.46. The number of halogens is 1.